The smallest absolute Gasteiger partial charge is 0.165 e. The van der Waals surface area contributed by atoms with Gasteiger partial charge >= 0.3 is 0 Å². The molecule has 0 aliphatic heterocycles. The molecule has 0 saturated heterocycles. The van der Waals surface area contributed by atoms with E-state index >= 15 is 0 Å². The van der Waals surface area contributed by atoms with Gasteiger partial charge in [-0.3, -0.25) is 0 Å². The molecule has 1 rings (SSSR count). The van der Waals surface area contributed by atoms with Crippen LogP contribution < -0.4 is 15.2 Å². The second-order valence-electron chi connectivity index (χ2n) is 3.76. The largest absolute Gasteiger partial charge is 0.493 e. The van der Waals surface area contributed by atoms with Gasteiger partial charge in [-0.1, -0.05) is 11.6 Å². The first-order chi connectivity index (χ1) is 8.72. The highest BCUT2D eigenvalue weighted by atomic mass is 35.5. The van der Waals surface area contributed by atoms with Crippen LogP contribution in [0.25, 0.3) is 0 Å². The molecule has 98 valence electrons. The number of halogens is 1. The van der Waals surface area contributed by atoms with Gasteiger partial charge in [0.25, 0.3) is 0 Å². The van der Waals surface area contributed by atoms with Gasteiger partial charge in [-0.15, -0.1) is 0 Å². The Balaban J connectivity index is 2.70. The highest BCUT2D eigenvalue weighted by molar-refractivity contribution is 6.30. The van der Waals surface area contributed by atoms with Gasteiger partial charge in [0.15, 0.2) is 11.5 Å². The van der Waals surface area contributed by atoms with E-state index in [4.69, 9.17) is 32.1 Å². The second-order valence-corrected chi connectivity index (χ2v) is 4.20. The number of ether oxygens (including phenoxy) is 2. The number of methoxy groups -OCH3 is 1. The number of nitrogens with zero attached hydrogens (tertiary/aromatic N) is 1. The van der Waals surface area contributed by atoms with E-state index in [1.54, 1.807) is 19.2 Å². The molecule has 4 nitrogen and oxygen atoms in total. The molecule has 0 unspecified atom stereocenters. The Hall–Kier alpha value is -1.44. The molecule has 0 aromatic heterocycles. The van der Waals surface area contributed by atoms with Crippen molar-refractivity contribution >= 4 is 11.6 Å². The molecular weight excluding hydrogens is 252 g/mol. The number of benzene rings is 1. The summed E-state index contributed by atoms with van der Waals surface area (Å²) in [5, 5.41) is 9.01. The van der Waals surface area contributed by atoms with Crippen molar-refractivity contribution in [3.05, 3.63) is 22.7 Å². The van der Waals surface area contributed by atoms with E-state index in [1.807, 2.05) is 0 Å². The van der Waals surface area contributed by atoms with Crippen LogP contribution in [0, 0.1) is 11.3 Å². The maximum absolute atomic E-state index is 8.44. The minimum Gasteiger partial charge on any atom is -0.493 e. The molecule has 0 fully saturated rings. The van der Waals surface area contributed by atoms with Crippen molar-refractivity contribution in [2.45, 2.75) is 25.8 Å². The molecule has 18 heavy (non-hydrogen) atoms. The van der Waals surface area contributed by atoms with Crippen LogP contribution >= 0.6 is 11.6 Å². The average molecular weight is 269 g/mol. The minimum absolute atomic E-state index is 0.338. The number of unbranched alkanes of at least 4 members (excludes halogenated alkanes) is 2. The molecule has 2 N–H and O–H groups in total. The van der Waals surface area contributed by atoms with E-state index in [0.29, 0.717) is 36.1 Å². The Bertz CT molecular complexity index is 404. The van der Waals surface area contributed by atoms with Crippen LogP contribution in [-0.4, -0.2) is 13.7 Å². The van der Waals surface area contributed by atoms with E-state index in [9.17, 15) is 0 Å². The Morgan fingerprint density at radius 3 is 2.78 bits per heavy atom. The summed E-state index contributed by atoms with van der Waals surface area (Å²) in [5.74, 6) is 1.23. The Kier molecular flexibility index (Phi) is 6.34. The Labute approximate surface area is 112 Å². The third kappa shape index (κ3) is 4.10. The van der Waals surface area contributed by atoms with Crippen molar-refractivity contribution in [1.82, 2.24) is 0 Å². The van der Waals surface area contributed by atoms with E-state index < -0.39 is 0 Å². The van der Waals surface area contributed by atoms with Gasteiger partial charge in [-0.05, 0) is 18.9 Å². The summed E-state index contributed by atoms with van der Waals surface area (Å²) < 4.78 is 10.9. The fourth-order valence-electron chi connectivity index (χ4n) is 1.57. The lowest BCUT2D eigenvalue weighted by molar-refractivity contribution is 0.284. The summed E-state index contributed by atoms with van der Waals surface area (Å²) in [6.45, 7) is 0.872. The number of nitriles is 1. The van der Waals surface area contributed by atoms with Gasteiger partial charge in [0.05, 0.1) is 19.8 Å². The van der Waals surface area contributed by atoms with Crippen LogP contribution in [0.5, 0.6) is 11.5 Å². The molecular formula is C13H17ClN2O2. The van der Waals surface area contributed by atoms with Gasteiger partial charge < -0.3 is 15.2 Å². The normalized spacial score (nSPS) is 9.89. The van der Waals surface area contributed by atoms with Crippen LogP contribution in [0.1, 0.15) is 24.8 Å². The van der Waals surface area contributed by atoms with Crippen molar-refractivity contribution in [1.29, 1.82) is 5.26 Å². The van der Waals surface area contributed by atoms with Crippen molar-refractivity contribution in [2.75, 3.05) is 13.7 Å². The van der Waals surface area contributed by atoms with Crippen LogP contribution in [0.4, 0.5) is 0 Å². The predicted molar refractivity (Wildman–Crippen MR) is 70.9 cm³/mol. The molecule has 0 amide bonds. The Morgan fingerprint density at radius 2 is 2.17 bits per heavy atom. The highest BCUT2D eigenvalue weighted by Crippen LogP contribution is 2.34. The summed E-state index contributed by atoms with van der Waals surface area (Å²) in [6.07, 6.45) is 2.19. The van der Waals surface area contributed by atoms with Crippen LogP contribution in [-0.2, 0) is 6.54 Å². The molecule has 0 saturated carbocycles. The fourth-order valence-corrected chi connectivity index (χ4v) is 1.80. The lowest BCUT2D eigenvalue weighted by atomic mass is 10.2. The van der Waals surface area contributed by atoms with Gasteiger partial charge in [-0.2, -0.15) is 5.26 Å². The SMILES string of the molecule is COc1cc(Cl)cc(CN)c1OCCCCC#N. The van der Waals surface area contributed by atoms with E-state index in [-0.39, 0.29) is 0 Å². The highest BCUT2D eigenvalue weighted by Gasteiger charge is 2.11. The van der Waals surface area contributed by atoms with Crippen LogP contribution in [0.15, 0.2) is 12.1 Å². The topological polar surface area (TPSA) is 68.3 Å². The molecule has 0 heterocycles. The quantitative estimate of drug-likeness (QED) is 0.772. The zero-order valence-electron chi connectivity index (χ0n) is 10.4. The Morgan fingerprint density at radius 1 is 1.39 bits per heavy atom. The summed E-state index contributed by atoms with van der Waals surface area (Å²) in [5.41, 5.74) is 6.48. The standard InChI is InChI=1S/C13H17ClN2O2/c1-17-12-8-11(14)7-10(9-16)13(12)18-6-4-2-3-5-15/h7-8H,2-4,6,9,16H2,1H3. The summed E-state index contributed by atoms with van der Waals surface area (Å²) in [7, 11) is 1.56. The zero-order chi connectivity index (χ0) is 13.4. The maximum Gasteiger partial charge on any atom is 0.165 e. The predicted octanol–water partition coefficient (Wildman–Crippen LogP) is 2.88. The molecule has 0 bridgehead atoms. The first kappa shape index (κ1) is 14.6. The fraction of sp³-hybridized carbons (Fsp3) is 0.462. The lowest BCUT2D eigenvalue weighted by Gasteiger charge is -2.14. The van der Waals surface area contributed by atoms with Crippen molar-refractivity contribution in [2.24, 2.45) is 5.73 Å². The third-order valence-corrected chi connectivity index (χ3v) is 2.68. The molecule has 0 spiro atoms. The van der Waals surface area contributed by atoms with Crippen LogP contribution in [0.3, 0.4) is 0 Å². The van der Waals surface area contributed by atoms with Crippen molar-refractivity contribution in [3.8, 4) is 17.6 Å². The molecule has 0 radical (unpaired) electrons. The average Bonchev–Trinajstić information content (AvgIpc) is 2.39. The molecule has 5 heteroatoms. The number of hydrogen-bond acceptors (Lipinski definition) is 4. The first-order valence-corrected chi connectivity index (χ1v) is 6.17. The third-order valence-electron chi connectivity index (χ3n) is 2.47. The molecule has 0 atom stereocenters. The van der Waals surface area contributed by atoms with Crippen LogP contribution in [0.2, 0.25) is 5.02 Å². The number of hydrogen-bond donors (Lipinski definition) is 1. The molecule has 0 aliphatic rings. The minimum atomic E-state index is 0.338. The zero-order valence-corrected chi connectivity index (χ0v) is 11.2. The monoisotopic (exact) mass is 268 g/mol. The van der Waals surface area contributed by atoms with Gasteiger partial charge in [-0.25, -0.2) is 0 Å². The van der Waals surface area contributed by atoms with E-state index in [2.05, 4.69) is 6.07 Å². The first-order valence-electron chi connectivity index (χ1n) is 5.79. The van der Waals surface area contributed by atoms with E-state index in [1.165, 1.54) is 0 Å². The molecule has 0 aliphatic carbocycles. The second kappa shape index (κ2) is 7.80. The van der Waals surface area contributed by atoms with Gasteiger partial charge in [0.2, 0.25) is 0 Å². The van der Waals surface area contributed by atoms with Crippen molar-refractivity contribution < 1.29 is 9.47 Å². The molecule has 1 aromatic rings. The maximum atomic E-state index is 8.44. The summed E-state index contributed by atoms with van der Waals surface area (Å²) >= 11 is 5.95. The van der Waals surface area contributed by atoms with Gasteiger partial charge in [0.1, 0.15) is 0 Å². The lowest BCUT2D eigenvalue weighted by Crippen LogP contribution is -2.05. The number of rotatable bonds is 7. The molecule has 1 aromatic carbocycles. The summed E-state index contributed by atoms with van der Waals surface area (Å²) in [6, 6.07) is 5.57. The van der Waals surface area contributed by atoms with Crippen molar-refractivity contribution in [3.63, 3.8) is 0 Å². The van der Waals surface area contributed by atoms with Gasteiger partial charge in [0, 0.05) is 29.6 Å². The summed E-state index contributed by atoms with van der Waals surface area (Å²) in [4.78, 5) is 0. The number of nitrogens with two attached hydrogens (primary N) is 1. The van der Waals surface area contributed by atoms with E-state index in [0.717, 1.165) is 18.4 Å².